The quantitative estimate of drug-likeness (QED) is 0.647. The lowest BCUT2D eigenvalue weighted by molar-refractivity contribution is 0.179. The normalized spacial score (nSPS) is 23.2. The molecule has 1 aliphatic rings. The van der Waals surface area contributed by atoms with E-state index < -0.39 is 0 Å². The molecule has 1 atom stereocenters. The average Bonchev–Trinajstić information content (AvgIpc) is 2.23. The van der Waals surface area contributed by atoms with Crippen LogP contribution in [0.1, 0.15) is 26.2 Å². The third-order valence-electron chi connectivity index (χ3n) is 3.05. The van der Waals surface area contributed by atoms with Crippen molar-refractivity contribution in [2.24, 2.45) is 5.92 Å². The van der Waals surface area contributed by atoms with Gasteiger partial charge in [-0.05, 0) is 44.8 Å². The first-order valence-corrected chi connectivity index (χ1v) is 6.25. The van der Waals surface area contributed by atoms with E-state index in [2.05, 4.69) is 17.1 Å². The molecule has 0 aromatic heterocycles. The maximum atomic E-state index is 4.98. The Morgan fingerprint density at radius 3 is 3.00 bits per heavy atom. The van der Waals surface area contributed by atoms with E-state index in [0.29, 0.717) is 0 Å². The highest BCUT2D eigenvalue weighted by molar-refractivity contribution is 4.69. The van der Waals surface area contributed by atoms with Crippen LogP contribution in [0.3, 0.4) is 0 Å². The zero-order chi connectivity index (χ0) is 10.9. The lowest BCUT2D eigenvalue weighted by Crippen LogP contribution is -2.36. The maximum absolute atomic E-state index is 4.98. The van der Waals surface area contributed by atoms with Gasteiger partial charge in [-0.3, -0.25) is 0 Å². The average molecular weight is 214 g/mol. The third kappa shape index (κ3) is 6.13. The van der Waals surface area contributed by atoms with Crippen molar-refractivity contribution in [3.63, 3.8) is 0 Å². The molecule has 0 aliphatic carbocycles. The van der Waals surface area contributed by atoms with Gasteiger partial charge in [-0.2, -0.15) is 0 Å². The van der Waals surface area contributed by atoms with Gasteiger partial charge in [0.2, 0.25) is 0 Å². The summed E-state index contributed by atoms with van der Waals surface area (Å²) >= 11 is 0. The number of hydrogen-bond acceptors (Lipinski definition) is 3. The molecule has 90 valence electrons. The van der Waals surface area contributed by atoms with Crippen molar-refractivity contribution >= 4 is 0 Å². The second kappa shape index (κ2) is 8.08. The Balaban J connectivity index is 1.90. The van der Waals surface area contributed by atoms with Crippen molar-refractivity contribution in [3.05, 3.63) is 0 Å². The first-order valence-electron chi connectivity index (χ1n) is 6.25. The Morgan fingerprint density at radius 2 is 2.27 bits per heavy atom. The molecular weight excluding hydrogens is 188 g/mol. The van der Waals surface area contributed by atoms with Gasteiger partial charge in [0.1, 0.15) is 0 Å². The molecule has 1 unspecified atom stereocenters. The first kappa shape index (κ1) is 12.9. The minimum absolute atomic E-state index is 0.820. The van der Waals surface area contributed by atoms with Crippen molar-refractivity contribution < 1.29 is 4.74 Å². The van der Waals surface area contributed by atoms with E-state index in [9.17, 15) is 0 Å². The Morgan fingerprint density at radius 1 is 1.40 bits per heavy atom. The summed E-state index contributed by atoms with van der Waals surface area (Å²) < 4.78 is 4.98. The van der Waals surface area contributed by atoms with E-state index in [0.717, 1.165) is 25.6 Å². The summed E-state index contributed by atoms with van der Waals surface area (Å²) in [6, 6.07) is 0. The van der Waals surface area contributed by atoms with Crippen LogP contribution in [0, 0.1) is 5.92 Å². The third-order valence-corrected chi connectivity index (χ3v) is 3.05. The zero-order valence-corrected chi connectivity index (χ0v) is 10.3. The van der Waals surface area contributed by atoms with Crippen LogP contribution in [0.15, 0.2) is 0 Å². The van der Waals surface area contributed by atoms with Gasteiger partial charge in [-0.1, -0.05) is 6.92 Å². The Hall–Kier alpha value is -0.120. The lowest BCUT2D eigenvalue weighted by atomic mass is 10.0. The molecule has 0 amide bonds. The van der Waals surface area contributed by atoms with Crippen molar-refractivity contribution in [2.75, 3.05) is 46.4 Å². The molecule has 0 bridgehead atoms. The summed E-state index contributed by atoms with van der Waals surface area (Å²) in [4.78, 5) is 2.60. The van der Waals surface area contributed by atoms with Gasteiger partial charge in [0.05, 0.1) is 6.61 Å². The van der Waals surface area contributed by atoms with Crippen molar-refractivity contribution in [1.82, 2.24) is 10.2 Å². The molecule has 15 heavy (non-hydrogen) atoms. The second-order valence-electron chi connectivity index (χ2n) is 4.64. The summed E-state index contributed by atoms with van der Waals surface area (Å²) in [5, 5.41) is 3.39. The van der Waals surface area contributed by atoms with Crippen LogP contribution in [0.2, 0.25) is 0 Å². The smallest absolute Gasteiger partial charge is 0.0587 e. The van der Waals surface area contributed by atoms with Gasteiger partial charge in [-0.25, -0.2) is 0 Å². The van der Waals surface area contributed by atoms with E-state index in [1.54, 1.807) is 7.11 Å². The zero-order valence-electron chi connectivity index (χ0n) is 10.3. The molecule has 1 heterocycles. The van der Waals surface area contributed by atoms with Gasteiger partial charge in [-0.15, -0.1) is 0 Å². The number of ether oxygens (including phenoxy) is 1. The van der Waals surface area contributed by atoms with E-state index in [1.807, 2.05) is 0 Å². The highest BCUT2D eigenvalue weighted by Crippen LogP contribution is 2.14. The van der Waals surface area contributed by atoms with E-state index in [-0.39, 0.29) is 0 Å². The second-order valence-corrected chi connectivity index (χ2v) is 4.64. The monoisotopic (exact) mass is 214 g/mol. The number of methoxy groups -OCH3 is 1. The molecule has 1 rings (SSSR count). The van der Waals surface area contributed by atoms with Gasteiger partial charge >= 0.3 is 0 Å². The first-order chi connectivity index (χ1) is 7.33. The van der Waals surface area contributed by atoms with Crippen molar-refractivity contribution in [2.45, 2.75) is 26.2 Å². The van der Waals surface area contributed by atoms with Crippen LogP contribution in [-0.4, -0.2) is 51.3 Å². The van der Waals surface area contributed by atoms with Gasteiger partial charge in [0, 0.05) is 20.2 Å². The molecule has 1 fully saturated rings. The number of nitrogens with zero attached hydrogens (tertiary/aromatic N) is 1. The SMILES string of the molecule is COCCNCCCN1CCCC(C)C1. The lowest BCUT2D eigenvalue weighted by Gasteiger charge is -2.30. The fourth-order valence-electron chi connectivity index (χ4n) is 2.22. The van der Waals surface area contributed by atoms with Crippen LogP contribution in [0.25, 0.3) is 0 Å². The van der Waals surface area contributed by atoms with Gasteiger partial charge in [0.15, 0.2) is 0 Å². The number of hydrogen-bond donors (Lipinski definition) is 1. The molecule has 0 saturated carbocycles. The molecule has 3 heteroatoms. The summed E-state index contributed by atoms with van der Waals surface area (Å²) in [5.41, 5.74) is 0. The standard InChI is InChI=1S/C12H26N2O/c1-12-5-3-8-14(11-12)9-4-6-13-7-10-15-2/h12-13H,3-11H2,1-2H3. The molecule has 3 nitrogen and oxygen atoms in total. The molecule has 0 spiro atoms. The molecule has 0 aromatic carbocycles. The minimum atomic E-state index is 0.820. The summed E-state index contributed by atoms with van der Waals surface area (Å²) in [5.74, 6) is 0.903. The summed E-state index contributed by atoms with van der Waals surface area (Å²) in [7, 11) is 1.75. The van der Waals surface area contributed by atoms with Gasteiger partial charge in [0.25, 0.3) is 0 Å². The Labute approximate surface area is 94.2 Å². The Kier molecular flexibility index (Phi) is 6.98. The number of likely N-dealkylation sites (tertiary alicyclic amines) is 1. The highest BCUT2D eigenvalue weighted by Gasteiger charge is 2.14. The predicted molar refractivity (Wildman–Crippen MR) is 64.2 cm³/mol. The number of piperidine rings is 1. The van der Waals surface area contributed by atoms with E-state index in [4.69, 9.17) is 4.74 Å². The maximum Gasteiger partial charge on any atom is 0.0587 e. The fourth-order valence-corrected chi connectivity index (χ4v) is 2.22. The van der Waals surface area contributed by atoms with E-state index >= 15 is 0 Å². The predicted octanol–water partition coefficient (Wildman–Crippen LogP) is 1.34. The van der Waals surface area contributed by atoms with Crippen LogP contribution in [0.5, 0.6) is 0 Å². The van der Waals surface area contributed by atoms with Crippen LogP contribution in [-0.2, 0) is 4.74 Å². The Bertz CT molecular complexity index is 153. The number of rotatable bonds is 7. The molecule has 0 radical (unpaired) electrons. The van der Waals surface area contributed by atoms with Crippen molar-refractivity contribution in [1.29, 1.82) is 0 Å². The molecule has 0 aromatic rings. The number of nitrogens with one attached hydrogen (secondary N) is 1. The minimum Gasteiger partial charge on any atom is -0.383 e. The van der Waals surface area contributed by atoms with Gasteiger partial charge < -0.3 is 15.0 Å². The van der Waals surface area contributed by atoms with Crippen LogP contribution < -0.4 is 5.32 Å². The molecule has 1 saturated heterocycles. The van der Waals surface area contributed by atoms with E-state index in [1.165, 1.54) is 38.9 Å². The topological polar surface area (TPSA) is 24.5 Å². The highest BCUT2D eigenvalue weighted by atomic mass is 16.5. The summed E-state index contributed by atoms with van der Waals surface area (Å²) in [6.45, 7) is 9.15. The van der Waals surface area contributed by atoms with Crippen molar-refractivity contribution in [3.8, 4) is 0 Å². The molecule has 1 N–H and O–H groups in total. The van der Waals surface area contributed by atoms with Crippen LogP contribution >= 0.6 is 0 Å². The molecular formula is C12H26N2O. The fraction of sp³-hybridized carbons (Fsp3) is 1.00. The summed E-state index contributed by atoms with van der Waals surface area (Å²) in [6.07, 6.45) is 4.07. The largest absolute Gasteiger partial charge is 0.383 e. The molecule has 1 aliphatic heterocycles. The van der Waals surface area contributed by atoms with Crippen LogP contribution in [0.4, 0.5) is 0 Å².